The van der Waals surface area contributed by atoms with Crippen molar-refractivity contribution in [2.75, 3.05) is 32.8 Å². The molecule has 3 aromatic rings. The van der Waals surface area contributed by atoms with Gasteiger partial charge >= 0.3 is 12.4 Å². The topological polar surface area (TPSA) is 54.3 Å². The van der Waals surface area contributed by atoms with E-state index >= 15 is 0 Å². The summed E-state index contributed by atoms with van der Waals surface area (Å²) in [6.45, 7) is 3.01. The molecule has 250 valence electrons. The van der Waals surface area contributed by atoms with Gasteiger partial charge in [0.2, 0.25) is 0 Å². The molecule has 3 aromatic carbocycles. The molecule has 0 radical (unpaired) electrons. The maximum Gasteiger partial charge on any atom is 0.416 e. The number of benzene rings is 3. The zero-order chi connectivity index (χ0) is 33.5. The van der Waals surface area contributed by atoms with Gasteiger partial charge in [0.1, 0.15) is 6.61 Å². The highest BCUT2D eigenvalue weighted by molar-refractivity contribution is 6.42. The molecule has 0 saturated carbocycles. The lowest BCUT2D eigenvalue weighted by Gasteiger charge is -2.39. The Hall–Kier alpha value is -2.83. The van der Waals surface area contributed by atoms with E-state index in [1.165, 1.54) is 0 Å². The molecule has 1 aliphatic rings. The van der Waals surface area contributed by atoms with Crippen LogP contribution < -0.4 is 0 Å². The van der Waals surface area contributed by atoms with Crippen LogP contribution in [0.2, 0.25) is 10.0 Å². The van der Waals surface area contributed by atoms with Crippen LogP contribution in [0.1, 0.15) is 59.9 Å². The van der Waals surface area contributed by atoms with Crippen molar-refractivity contribution < 1.29 is 41.0 Å². The van der Waals surface area contributed by atoms with Crippen LogP contribution in [0.5, 0.6) is 0 Å². The highest BCUT2D eigenvalue weighted by Crippen LogP contribution is 2.37. The van der Waals surface area contributed by atoms with E-state index in [-0.39, 0.29) is 24.8 Å². The van der Waals surface area contributed by atoms with Crippen molar-refractivity contribution in [3.8, 4) is 0 Å². The predicted molar refractivity (Wildman–Crippen MR) is 165 cm³/mol. The summed E-state index contributed by atoms with van der Waals surface area (Å²) < 4.78 is 85.9. The highest BCUT2D eigenvalue weighted by Gasteiger charge is 2.37. The summed E-state index contributed by atoms with van der Waals surface area (Å²) >= 11 is 12.5. The lowest BCUT2D eigenvalue weighted by Crippen LogP contribution is -2.43. The number of aliphatic hydroxyl groups is 1. The zero-order valence-electron chi connectivity index (χ0n) is 25.0. The predicted octanol–water partition coefficient (Wildman–Crippen LogP) is 9.10. The Balaban J connectivity index is 1.52. The first kappa shape index (κ1) is 36.0. The van der Waals surface area contributed by atoms with Gasteiger partial charge < -0.3 is 19.6 Å². The first-order chi connectivity index (χ1) is 21.7. The molecule has 5 nitrogen and oxygen atoms in total. The molecule has 0 aliphatic carbocycles. The number of oxime groups is 1. The normalized spacial score (nSPS) is 16.8. The maximum absolute atomic E-state index is 13.4. The molecular formula is C33H34Cl2F6N2O3. The molecule has 1 unspecified atom stereocenters. The molecule has 0 aromatic heterocycles. The number of alkyl halides is 6. The van der Waals surface area contributed by atoms with E-state index in [0.29, 0.717) is 66.8 Å². The quantitative estimate of drug-likeness (QED) is 0.117. The van der Waals surface area contributed by atoms with Crippen molar-refractivity contribution in [2.45, 2.75) is 56.7 Å². The summed E-state index contributed by atoms with van der Waals surface area (Å²) in [5.74, 6) is -0.441. The van der Waals surface area contributed by atoms with Crippen LogP contribution in [0.15, 0.2) is 71.9 Å². The van der Waals surface area contributed by atoms with Crippen LogP contribution in [0.25, 0.3) is 0 Å². The second kappa shape index (κ2) is 15.4. The van der Waals surface area contributed by atoms with Crippen LogP contribution in [0.3, 0.4) is 0 Å². The smallest absolute Gasteiger partial charge is 0.396 e. The van der Waals surface area contributed by atoms with Crippen LogP contribution in [0.4, 0.5) is 26.3 Å². The Morgan fingerprint density at radius 1 is 0.913 bits per heavy atom. The van der Waals surface area contributed by atoms with Crippen molar-refractivity contribution >= 4 is 28.9 Å². The van der Waals surface area contributed by atoms with Gasteiger partial charge in [0.15, 0.2) is 0 Å². The fourth-order valence-electron chi connectivity index (χ4n) is 5.46. The molecule has 1 fully saturated rings. The minimum Gasteiger partial charge on any atom is -0.396 e. The summed E-state index contributed by atoms with van der Waals surface area (Å²) in [4.78, 5) is 7.57. The number of nitrogens with zero attached hydrogens (tertiary/aromatic N) is 2. The summed E-state index contributed by atoms with van der Waals surface area (Å²) in [6, 6.07) is 15.9. The third kappa shape index (κ3) is 9.60. The van der Waals surface area contributed by atoms with Gasteiger partial charge in [-0.2, -0.15) is 26.3 Å². The fraction of sp³-hybridized carbons (Fsp3) is 0.424. The zero-order valence-corrected chi connectivity index (χ0v) is 26.5. The summed E-state index contributed by atoms with van der Waals surface area (Å²) in [5.41, 5.74) is -2.07. The second-order valence-electron chi connectivity index (χ2n) is 11.2. The number of hydrogen-bond acceptors (Lipinski definition) is 5. The first-order valence-electron chi connectivity index (χ1n) is 14.7. The van der Waals surface area contributed by atoms with E-state index in [2.05, 4.69) is 10.1 Å². The molecule has 1 N–H and O–H groups in total. The maximum atomic E-state index is 13.4. The second-order valence-corrected chi connectivity index (χ2v) is 12.0. The standard InChI is InChI=1S/C33H34Cl2F6N2O3/c1-2-46-42-30(21-45-20-22-16-25(32(36,37)38)19-26(17-22)33(39,40)41)27(23-8-9-28(34)29(35)18-23)10-13-43-14-11-31(44,12-15-43)24-6-4-3-5-7-24/h3-9,16-19,27,44H,2,10-15,20-21H2,1H3/b42-30+. The Morgan fingerprint density at radius 2 is 1.54 bits per heavy atom. The molecule has 1 aliphatic heterocycles. The Labute approximate surface area is 273 Å². The third-order valence-corrected chi connectivity index (χ3v) is 8.69. The molecule has 46 heavy (non-hydrogen) atoms. The Bertz CT molecular complexity index is 1440. The average Bonchev–Trinajstić information content (AvgIpc) is 3.01. The average molecular weight is 692 g/mol. The van der Waals surface area contributed by atoms with Crippen LogP contribution >= 0.6 is 23.2 Å². The molecule has 0 spiro atoms. The monoisotopic (exact) mass is 690 g/mol. The number of halogens is 8. The van der Waals surface area contributed by atoms with E-state index in [1.54, 1.807) is 25.1 Å². The molecular weight excluding hydrogens is 657 g/mol. The third-order valence-electron chi connectivity index (χ3n) is 7.95. The Kier molecular flexibility index (Phi) is 12.0. The van der Waals surface area contributed by atoms with E-state index in [9.17, 15) is 31.4 Å². The fourth-order valence-corrected chi connectivity index (χ4v) is 5.77. The number of ether oxygens (including phenoxy) is 1. The largest absolute Gasteiger partial charge is 0.416 e. The lowest BCUT2D eigenvalue weighted by atomic mass is 9.84. The minimum absolute atomic E-state index is 0.0764. The summed E-state index contributed by atoms with van der Waals surface area (Å²) in [6.07, 6.45) is -8.37. The van der Waals surface area contributed by atoms with Crippen LogP contribution in [-0.2, 0) is 34.1 Å². The van der Waals surface area contributed by atoms with E-state index < -0.39 is 41.6 Å². The van der Waals surface area contributed by atoms with Crippen molar-refractivity contribution in [2.24, 2.45) is 5.16 Å². The van der Waals surface area contributed by atoms with Crippen molar-refractivity contribution in [1.29, 1.82) is 0 Å². The van der Waals surface area contributed by atoms with Gasteiger partial charge in [-0.1, -0.05) is 64.8 Å². The molecule has 0 amide bonds. The SMILES string of the molecule is CCO/N=C(\COCc1cc(C(F)(F)F)cc(C(F)(F)F)c1)C(CCN1CCC(O)(c2ccccc2)CC1)c1ccc(Cl)c(Cl)c1. The van der Waals surface area contributed by atoms with Gasteiger partial charge in [-0.3, -0.25) is 0 Å². The molecule has 0 bridgehead atoms. The Morgan fingerprint density at radius 3 is 2.11 bits per heavy atom. The van der Waals surface area contributed by atoms with E-state index in [0.717, 1.165) is 11.1 Å². The van der Waals surface area contributed by atoms with Gasteiger partial charge in [-0.15, -0.1) is 0 Å². The van der Waals surface area contributed by atoms with Crippen molar-refractivity contribution in [1.82, 2.24) is 4.90 Å². The van der Waals surface area contributed by atoms with Crippen molar-refractivity contribution in [3.05, 3.63) is 105 Å². The molecule has 1 heterocycles. The van der Waals surface area contributed by atoms with Crippen LogP contribution in [-0.4, -0.2) is 48.6 Å². The van der Waals surface area contributed by atoms with Crippen molar-refractivity contribution in [3.63, 3.8) is 0 Å². The van der Waals surface area contributed by atoms with Gasteiger partial charge in [0, 0.05) is 19.0 Å². The number of piperidine rings is 1. The van der Waals surface area contributed by atoms with E-state index in [1.807, 2.05) is 30.3 Å². The van der Waals surface area contributed by atoms with Gasteiger partial charge in [-0.05, 0) is 79.8 Å². The van der Waals surface area contributed by atoms with E-state index in [4.69, 9.17) is 32.8 Å². The lowest BCUT2D eigenvalue weighted by molar-refractivity contribution is -0.143. The molecule has 13 heteroatoms. The van der Waals surface area contributed by atoms with Gasteiger partial charge in [-0.25, -0.2) is 0 Å². The van der Waals surface area contributed by atoms with Gasteiger partial charge in [0.05, 0.1) is 45.7 Å². The minimum atomic E-state index is -4.97. The number of rotatable bonds is 12. The highest BCUT2D eigenvalue weighted by atomic mass is 35.5. The number of hydrogen-bond donors (Lipinski definition) is 1. The molecule has 1 saturated heterocycles. The first-order valence-corrected chi connectivity index (χ1v) is 15.4. The number of likely N-dealkylation sites (tertiary alicyclic amines) is 1. The summed E-state index contributed by atoms with van der Waals surface area (Å²) in [7, 11) is 0. The van der Waals surface area contributed by atoms with Crippen LogP contribution in [0, 0.1) is 0 Å². The molecule has 1 atom stereocenters. The molecule has 4 rings (SSSR count). The summed E-state index contributed by atoms with van der Waals surface area (Å²) in [5, 5.41) is 16.1. The van der Waals surface area contributed by atoms with Gasteiger partial charge in [0.25, 0.3) is 0 Å².